The van der Waals surface area contributed by atoms with Crippen molar-refractivity contribution in [3.05, 3.63) is 58.4 Å². The summed E-state index contributed by atoms with van der Waals surface area (Å²) >= 11 is 1.61. The fourth-order valence-corrected chi connectivity index (χ4v) is 4.22. The number of hydrogen-bond acceptors (Lipinski definition) is 5. The minimum absolute atomic E-state index is 0.0641. The molecule has 1 aliphatic rings. The standard InChI is InChI=1S/C25H28N2O3S/c1-16-24(28)27(12-13-29-20-9-7-19(8-10-20)25(3,4)5)22-14-18(6-11-23(22)30-16)21-15-31-17(2)26-21/h6-11,14-16H,12-13H2,1-5H3. The van der Waals surface area contributed by atoms with Gasteiger partial charge in [0.25, 0.3) is 5.91 Å². The van der Waals surface area contributed by atoms with Gasteiger partial charge in [0.15, 0.2) is 6.10 Å². The normalized spacial score (nSPS) is 16.1. The van der Waals surface area contributed by atoms with Crippen LogP contribution in [0, 0.1) is 6.92 Å². The summed E-state index contributed by atoms with van der Waals surface area (Å²) < 4.78 is 11.8. The molecule has 0 radical (unpaired) electrons. The van der Waals surface area contributed by atoms with Gasteiger partial charge in [-0.15, -0.1) is 11.3 Å². The molecule has 1 unspecified atom stereocenters. The lowest BCUT2D eigenvalue weighted by molar-refractivity contribution is -0.125. The van der Waals surface area contributed by atoms with E-state index in [9.17, 15) is 4.79 Å². The minimum Gasteiger partial charge on any atom is -0.492 e. The third-order valence-corrected chi connectivity index (χ3v) is 6.16. The van der Waals surface area contributed by atoms with Crippen molar-refractivity contribution in [1.82, 2.24) is 4.98 Å². The number of ether oxygens (including phenoxy) is 2. The van der Waals surface area contributed by atoms with Crippen molar-refractivity contribution >= 4 is 22.9 Å². The van der Waals surface area contributed by atoms with E-state index >= 15 is 0 Å². The van der Waals surface area contributed by atoms with Gasteiger partial charge in [-0.2, -0.15) is 0 Å². The van der Waals surface area contributed by atoms with E-state index in [1.807, 2.05) is 42.6 Å². The molecule has 2 aromatic carbocycles. The zero-order valence-electron chi connectivity index (χ0n) is 18.6. The topological polar surface area (TPSA) is 51.7 Å². The van der Waals surface area contributed by atoms with E-state index in [1.54, 1.807) is 23.2 Å². The number of nitrogens with zero attached hydrogens (tertiary/aromatic N) is 2. The molecule has 0 fully saturated rings. The van der Waals surface area contributed by atoms with Crippen molar-refractivity contribution in [1.29, 1.82) is 0 Å². The van der Waals surface area contributed by atoms with Crippen LogP contribution in [-0.4, -0.2) is 30.1 Å². The van der Waals surface area contributed by atoms with Crippen molar-refractivity contribution in [2.24, 2.45) is 0 Å². The molecule has 1 atom stereocenters. The highest BCUT2D eigenvalue weighted by atomic mass is 32.1. The minimum atomic E-state index is -0.522. The molecule has 5 nitrogen and oxygen atoms in total. The van der Waals surface area contributed by atoms with E-state index in [2.05, 4.69) is 37.9 Å². The van der Waals surface area contributed by atoms with Crippen LogP contribution in [0.15, 0.2) is 47.8 Å². The Hall–Kier alpha value is -2.86. The molecular formula is C25H28N2O3S. The molecule has 3 aromatic rings. The Morgan fingerprint density at radius 3 is 2.55 bits per heavy atom. The largest absolute Gasteiger partial charge is 0.492 e. The Balaban J connectivity index is 1.51. The van der Waals surface area contributed by atoms with Crippen LogP contribution in [0.4, 0.5) is 5.69 Å². The smallest absolute Gasteiger partial charge is 0.267 e. The van der Waals surface area contributed by atoms with Crippen LogP contribution >= 0.6 is 11.3 Å². The molecule has 0 saturated carbocycles. The van der Waals surface area contributed by atoms with Gasteiger partial charge in [-0.3, -0.25) is 4.79 Å². The first-order valence-electron chi connectivity index (χ1n) is 10.5. The summed E-state index contributed by atoms with van der Waals surface area (Å²) in [5.41, 5.74) is 4.00. The predicted molar refractivity (Wildman–Crippen MR) is 125 cm³/mol. The maximum atomic E-state index is 12.9. The second-order valence-electron chi connectivity index (χ2n) is 8.81. The quantitative estimate of drug-likeness (QED) is 0.522. The van der Waals surface area contributed by atoms with Gasteiger partial charge in [0.1, 0.15) is 18.1 Å². The number of thiazole rings is 1. The summed E-state index contributed by atoms with van der Waals surface area (Å²) in [5, 5.41) is 3.04. The highest BCUT2D eigenvalue weighted by molar-refractivity contribution is 7.09. The van der Waals surface area contributed by atoms with Crippen molar-refractivity contribution in [2.75, 3.05) is 18.1 Å². The molecule has 0 aliphatic carbocycles. The Bertz CT molecular complexity index is 1080. The van der Waals surface area contributed by atoms with Crippen molar-refractivity contribution in [3.63, 3.8) is 0 Å². The molecule has 0 saturated heterocycles. The van der Waals surface area contributed by atoms with Gasteiger partial charge in [0.2, 0.25) is 0 Å². The summed E-state index contributed by atoms with van der Waals surface area (Å²) in [7, 11) is 0. The number of fused-ring (bicyclic) bond motifs is 1. The molecule has 6 heteroatoms. The van der Waals surface area contributed by atoms with Gasteiger partial charge >= 0.3 is 0 Å². The van der Waals surface area contributed by atoms with Gasteiger partial charge in [-0.25, -0.2) is 4.98 Å². The van der Waals surface area contributed by atoms with Gasteiger partial charge in [-0.1, -0.05) is 32.9 Å². The zero-order chi connectivity index (χ0) is 22.2. The predicted octanol–water partition coefficient (Wildman–Crippen LogP) is 5.61. The number of hydrogen-bond donors (Lipinski definition) is 0. The lowest BCUT2D eigenvalue weighted by atomic mass is 9.87. The molecule has 0 bridgehead atoms. The number of carbonyl (C=O) groups is 1. The number of carbonyl (C=O) groups excluding carboxylic acids is 1. The first-order chi connectivity index (χ1) is 14.7. The first kappa shape index (κ1) is 21.4. The lowest BCUT2D eigenvalue weighted by Gasteiger charge is -2.33. The van der Waals surface area contributed by atoms with Crippen LogP contribution in [0.2, 0.25) is 0 Å². The second kappa shape index (κ2) is 8.35. The molecule has 0 spiro atoms. The van der Waals surface area contributed by atoms with E-state index in [4.69, 9.17) is 9.47 Å². The van der Waals surface area contributed by atoms with Gasteiger partial charge in [0.05, 0.1) is 22.9 Å². The number of benzene rings is 2. The maximum Gasteiger partial charge on any atom is 0.267 e. The van der Waals surface area contributed by atoms with Crippen LogP contribution in [-0.2, 0) is 10.2 Å². The summed E-state index contributed by atoms with van der Waals surface area (Å²) in [6.07, 6.45) is -0.522. The van der Waals surface area contributed by atoms with E-state index in [0.717, 1.165) is 27.7 Å². The maximum absolute atomic E-state index is 12.9. The molecule has 0 N–H and O–H groups in total. The summed E-state index contributed by atoms with van der Waals surface area (Å²) in [5.74, 6) is 1.44. The average molecular weight is 437 g/mol. The molecular weight excluding hydrogens is 408 g/mol. The van der Waals surface area contributed by atoms with Crippen LogP contribution in [0.5, 0.6) is 11.5 Å². The SMILES string of the molecule is Cc1nc(-c2ccc3c(c2)N(CCOc2ccc(C(C)(C)C)cc2)C(=O)C(C)O3)cs1. The van der Waals surface area contributed by atoms with Gasteiger partial charge < -0.3 is 14.4 Å². The Kier molecular flexibility index (Phi) is 5.75. The molecule has 1 aliphatic heterocycles. The van der Waals surface area contributed by atoms with E-state index in [1.165, 1.54) is 5.56 Å². The van der Waals surface area contributed by atoms with E-state index in [0.29, 0.717) is 18.9 Å². The molecule has 1 amide bonds. The molecule has 1 aromatic heterocycles. The molecule has 4 rings (SSSR count). The Morgan fingerprint density at radius 1 is 1.16 bits per heavy atom. The van der Waals surface area contributed by atoms with Crippen LogP contribution in [0.25, 0.3) is 11.3 Å². The number of aromatic nitrogens is 1. The fourth-order valence-electron chi connectivity index (χ4n) is 3.60. The summed E-state index contributed by atoms with van der Waals surface area (Å²) in [6.45, 7) is 11.2. The third-order valence-electron chi connectivity index (χ3n) is 5.39. The molecule has 162 valence electrons. The fraction of sp³-hybridized carbons (Fsp3) is 0.360. The first-order valence-corrected chi connectivity index (χ1v) is 11.4. The Labute approximate surface area is 187 Å². The van der Waals surface area contributed by atoms with Crippen LogP contribution in [0.1, 0.15) is 38.3 Å². The number of rotatable bonds is 5. The summed E-state index contributed by atoms with van der Waals surface area (Å²) in [6, 6.07) is 14.0. The lowest BCUT2D eigenvalue weighted by Crippen LogP contribution is -2.46. The average Bonchev–Trinajstić information content (AvgIpc) is 3.16. The van der Waals surface area contributed by atoms with E-state index in [-0.39, 0.29) is 11.3 Å². The van der Waals surface area contributed by atoms with Crippen LogP contribution in [0.3, 0.4) is 0 Å². The number of amides is 1. The van der Waals surface area contributed by atoms with Crippen molar-refractivity contribution in [2.45, 2.75) is 46.1 Å². The van der Waals surface area contributed by atoms with Gasteiger partial charge in [0, 0.05) is 10.9 Å². The zero-order valence-corrected chi connectivity index (χ0v) is 19.5. The third kappa shape index (κ3) is 4.59. The number of aryl methyl sites for hydroxylation is 1. The van der Waals surface area contributed by atoms with Crippen LogP contribution < -0.4 is 14.4 Å². The number of anilines is 1. The molecule has 2 heterocycles. The molecule has 31 heavy (non-hydrogen) atoms. The highest BCUT2D eigenvalue weighted by Gasteiger charge is 2.31. The van der Waals surface area contributed by atoms with E-state index < -0.39 is 6.10 Å². The van der Waals surface area contributed by atoms with Gasteiger partial charge in [-0.05, 0) is 55.2 Å². The van der Waals surface area contributed by atoms with Crippen molar-refractivity contribution < 1.29 is 14.3 Å². The monoisotopic (exact) mass is 436 g/mol. The highest BCUT2D eigenvalue weighted by Crippen LogP contribution is 2.37. The Morgan fingerprint density at radius 2 is 1.90 bits per heavy atom. The van der Waals surface area contributed by atoms with Crippen molar-refractivity contribution in [3.8, 4) is 22.8 Å². The summed E-state index contributed by atoms with van der Waals surface area (Å²) in [4.78, 5) is 19.2. The second-order valence-corrected chi connectivity index (χ2v) is 9.87.